The van der Waals surface area contributed by atoms with Gasteiger partial charge < -0.3 is 29.9 Å². The molecule has 0 radical (unpaired) electrons. The van der Waals surface area contributed by atoms with Crippen LogP contribution in [0.4, 0.5) is 0 Å². The molecule has 0 bridgehead atoms. The van der Waals surface area contributed by atoms with Crippen molar-refractivity contribution >= 4 is 11.9 Å². The van der Waals surface area contributed by atoms with E-state index in [1.165, 1.54) is 0 Å². The van der Waals surface area contributed by atoms with Crippen LogP contribution in [0.15, 0.2) is 0 Å². The van der Waals surface area contributed by atoms with Crippen LogP contribution in [0, 0.1) is 11.8 Å². The third kappa shape index (κ3) is 8.03. The average molecular weight is 402 g/mol. The van der Waals surface area contributed by atoms with E-state index < -0.39 is 11.9 Å². The predicted octanol–water partition coefficient (Wildman–Crippen LogP) is 1.81. The van der Waals surface area contributed by atoms with Crippen molar-refractivity contribution in [2.24, 2.45) is 11.8 Å². The van der Waals surface area contributed by atoms with Crippen molar-refractivity contribution in [2.45, 2.75) is 88.6 Å². The number of aliphatic hydroxyl groups is 2. The molecule has 28 heavy (non-hydrogen) atoms. The number of aliphatic hydroxyl groups excluding tert-OH is 2. The van der Waals surface area contributed by atoms with Gasteiger partial charge in [0.15, 0.2) is 0 Å². The zero-order valence-corrected chi connectivity index (χ0v) is 16.4. The lowest BCUT2D eigenvalue weighted by Crippen LogP contribution is -2.21. The lowest BCUT2D eigenvalue weighted by atomic mass is 9.90. The van der Waals surface area contributed by atoms with Gasteiger partial charge in [-0.05, 0) is 51.4 Å². The highest BCUT2D eigenvalue weighted by molar-refractivity contribution is 5.70. The van der Waals surface area contributed by atoms with Crippen molar-refractivity contribution in [2.75, 3.05) is 13.2 Å². The number of aliphatic carboxylic acids is 2. The Morgan fingerprint density at radius 2 is 1.04 bits per heavy atom. The molecule has 2 heterocycles. The van der Waals surface area contributed by atoms with Crippen LogP contribution < -0.4 is 0 Å². The van der Waals surface area contributed by atoms with Gasteiger partial charge in [-0.1, -0.05) is 12.8 Å². The summed E-state index contributed by atoms with van der Waals surface area (Å²) in [6.07, 6.45) is 10.2. The smallest absolute Gasteiger partial charge is 0.306 e. The van der Waals surface area contributed by atoms with Gasteiger partial charge in [-0.15, -0.1) is 0 Å². The minimum atomic E-state index is -0.658. The van der Waals surface area contributed by atoms with E-state index in [1.807, 2.05) is 0 Å². The molecule has 2 aliphatic carbocycles. The molecular weight excluding hydrogens is 368 g/mol. The fourth-order valence-corrected chi connectivity index (χ4v) is 3.83. The van der Waals surface area contributed by atoms with E-state index in [4.69, 9.17) is 29.9 Å². The molecule has 0 amide bonds. The van der Waals surface area contributed by atoms with Crippen molar-refractivity contribution in [3.8, 4) is 0 Å². The van der Waals surface area contributed by atoms with Gasteiger partial charge in [0.25, 0.3) is 0 Å². The van der Waals surface area contributed by atoms with E-state index in [9.17, 15) is 9.59 Å². The SMILES string of the molecule is O=C(O)C1CCC2OC2C1.O=C(O)C1CCC2OC2C1.OCCCCCCO. The molecule has 162 valence electrons. The molecule has 6 atom stereocenters. The van der Waals surface area contributed by atoms with Gasteiger partial charge in [0, 0.05) is 13.2 Å². The van der Waals surface area contributed by atoms with Crippen molar-refractivity contribution < 1.29 is 39.5 Å². The lowest BCUT2D eigenvalue weighted by molar-refractivity contribution is -0.143. The second kappa shape index (κ2) is 11.7. The third-order valence-electron chi connectivity index (χ3n) is 5.77. The highest BCUT2D eigenvalue weighted by atomic mass is 16.6. The Kier molecular flexibility index (Phi) is 9.64. The van der Waals surface area contributed by atoms with Crippen LogP contribution >= 0.6 is 0 Å². The monoisotopic (exact) mass is 402 g/mol. The first kappa shape index (κ1) is 23.1. The van der Waals surface area contributed by atoms with Gasteiger partial charge in [-0.3, -0.25) is 9.59 Å². The number of fused-ring (bicyclic) bond motifs is 2. The first-order valence-electron chi connectivity index (χ1n) is 10.4. The van der Waals surface area contributed by atoms with Crippen molar-refractivity contribution in [3.63, 3.8) is 0 Å². The fraction of sp³-hybridized carbons (Fsp3) is 0.900. The topological polar surface area (TPSA) is 140 Å². The Morgan fingerprint density at radius 1 is 0.643 bits per heavy atom. The van der Waals surface area contributed by atoms with E-state index in [0.717, 1.165) is 64.2 Å². The molecule has 0 aromatic rings. The molecule has 4 rings (SSSR count). The van der Waals surface area contributed by atoms with Crippen LogP contribution in [0.3, 0.4) is 0 Å². The van der Waals surface area contributed by atoms with E-state index in [-0.39, 0.29) is 37.3 Å². The largest absolute Gasteiger partial charge is 0.481 e. The average Bonchev–Trinajstić information content (AvgIpc) is 3.59. The molecular formula is C20H34O8. The summed E-state index contributed by atoms with van der Waals surface area (Å²) in [6, 6.07) is 0. The number of hydrogen-bond acceptors (Lipinski definition) is 6. The first-order chi connectivity index (χ1) is 13.5. The second-order valence-electron chi connectivity index (χ2n) is 7.98. The summed E-state index contributed by atoms with van der Waals surface area (Å²) in [4.78, 5) is 20.9. The normalized spacial score (nSPS) is 34.4. The Balaban J connectivity index is 0.000000152. The molecule has 4 fully saturated rings. The summed E-state index contributed by atoms with van der Waals surface area (Å²) in [5, 5.41) is 33.8. The number of carbonyl (C=O) groups is 2. The minimum absolute atomic E-state index is 0.135. The molecule has 0 aromatic carbocycles. The van der Waals surface area contributed by atoms with Gasteiger partial charge >= 0.3 is 11.9 Å². The standard InChI is InChI=1S/2C7H10O3.C6H14O2/c2*8-7(9)4-1-2-5-6(3-4)10-5;7-5-3-1-2-4-6-8/h2*4-6H,1-3H2,(H,8,9);7-8H,1-6H2. The van der Waals surface area contributed by atoms with E-state index in [2.05, 4.69) is 0 Å². The Bertz CT molecular complexity index is 453. The maximum Gasteiger partial charge on any atom is 0.306 e. The molecule has 2 saturated heterocycles. The van der Waals surface area contributed by atoms with Gasteiger partial charge in [-0.25, -0.2) is 0 Å². The van der Waals surface area contributed by atoms with Gasteiger partial charge in [-0.2, -0.15) is 0 Å². The summed E-state index contributed by atoms with van der Waals surface area (Å²) >= 11 is 0. The number of carboxylic acids is 2. The number of hydrogen-bond donors (Lipinski definition) is 4. The predicted molar refractivity (Wildman–Crippen MR) is 99.9 cm³/mol. The summed E-state index contributed by atoms with van der Waals surface area (Å²) in [7, 11) is 0. The molecule has 2 saturated carbocycles. The number of ether oxygens (including phenoxy) is 2. The third-order valence-corrected chi connectivity index (χ3v) is 5.77. The van der Waals surface area contributed by atoms with Gasteiger partial charge in [0.1, 0.15) is 0 Å². The minimum Gasteiger partial charge on any atom is -0.481 e. The summed E-state index contributed by atoms with van der Waals surface area (Å²) in [6.45, 7) is 0.566. The van der Waals surface area contributed by atoms with Crippen LogP contribution in [0.2, 0.25) is 0 Å². The van der Waals surface area contributed by atoms with Gasteiger partial charge in [0.2, 0.25) is 0 Å². The zero-order chi connectivity index (χ0) is 20.5. The second-order valence-corrected chi connectivity index (χ2v) is 7.98. The maximum absolute atomic E-state index is 10.5. The maximum atomic E-state index is 10.5. The zero-order valence-electron chi connectivity index (χ0n) is 16.4. The van der Waals surface area contributed by atoms with Crippen LogP contribution in [-0.4, -0.2) is 70.0 Å². The van der Waals surface area contributed by atoms with Crippen molar-refractivity contribution in [1.29, 1.82) is 0 Å². The first-order valence-corrected chi connectivity index (χ1v) is 10.4. The molecule has 0 aromatic heterocycles. The lowest BCUT2D eigenvalue weighted by Gasteiger charge is -2.12. The van der Waals surface area contributed by atoms with Crippen LogP contribution in [0.5, 0.6) is 0 Å². The van der Waals surface area contributed by atoms with E-state index in [1.54, 1.807) is 0 Å². The van der Waals surface area contributed by atoms with Crippen LogP contribution in [0.1, 0.15) is 64.2 Å². The van der Waals surface area contributed by atoms with Crippen LogP contribution in [0.25, 0.3) is 0 Å². The van der Waals surface area contributed by atoms with Crippen LogP contribution in [-0.2, 0) is 19.1 Å². The van der Waals surface area contributed by atoms with E-state index >= 15 is 0 Å². The van der Waals surface area contributed by atoms with Gasteiger partial charge in [0.05, 0.1) is 36.3 Å². The number of rotatable bonds is 7. The highest BCUT2D eigenvalue weighted by Crippen LogP contribution is 2.40. The molecule has 8 nitrogen and oxygen atoms in total. The van der Waals surface area contributed by atoms with Crippen molar-refractivity contribution in [1.82, 2.24) is 0 Å². The molecule has 6 unspecified atom stereocenters. The number of epoxide rings is 2. The summed E-state index contributed by atoms with van der Waals surface area (Å²) < 4.78 is 10.4. The molecule has 8 heteroatoms. The van der Waals surface area contributed by atoms with E-state index in [0.29, 0.717) is 12.2 Å². The highest BCUT2D eigenvalue weighted by Gasteiger charge is 2.46. The molecule has 4 N–H and O–H groups in total. The molecule has 4 aliphatic rings. The van der Waals surface area contributed by atoms with Crippen molar-refractivity contribution in [3.05, 3.63) is 0 Å². The Morgan fingerprint density at radius 3 is 1.32 bits per heavy atom. The Hall–Kier alpha value is -1.22. The number of unbranched alkanes of at least 4 members (excludes halogenated alkanes) is 3. The Labute approximate surface area is 165 Å². The number of carboxylic acid groups (broad SMARTS) is 2. The molecule has 2 aliphatic heterocycles. The summed E-state index contributed by atoms with van der Waals surface area (Å²) in [5.41, 5.74) is 0. The quantitative estimate of drug-likeness (QED) is 0.373. The fourth-order valence-electron chi connectivity index (χ4n) is 3.83. The summed E-state index contributed by atoms with van der Waals surface area (Å²) in [5.74, 6) is -1.59. The molecule has 0 spiro atoms.